The molecule has 0 saturated carbocycles. The summed E-state index contributed by atoms with van der Waals surface area (Å²) in [5.74, 6) is -0.333. The van der Waals surface area contributed by atoms with Gasteiger partial charge in [0.1, 0.15) is 16.7 Å². The van der Waals surface area contributed by atoms with Crippen molar-refractivity contribution in [2.75, 3.05) is 46.0 Å². The average molecular weight is 615 g/mol. The highest BCUT2D eigenvalue weighted by molar-refractivity contribution is 8.26. The fraction of sp³-hybridized carbons (Fsp3) is 0.250. The van der Waals surface area contributed by atoms with Gasteiger partial charge in [0.05, 0.1) is 35.4 Å². The van der Waals surface area contributed by atoms with Gasteiger partial charge < -0.3 is 14.6 Å². The second kappa shape index (κ2) is 13.1. The lowest BCUT2D eigenvalue weighted by molar-refractivity contribution is -0.122. The first kappa shape index (κ1) is 29.1. The van der Waals surface area contributed by atoms with Gasteiger partial charge in [0.15, 0.2) is 0 Å². The number of benzene rings is 3. The Labute approximate surface area is 258 Å². The maximum Gasteiger partial charge on any atom is 0.335 e. The van der Waals surface area contributed by atoms with Gasteiger partial charge in [0, 0.05) is 37.1 Å². The summed E-state index contributed by atoms with van der Waals surface area (Å²) in [4.78, 5) is 29.0. The summed E-state index contributed by atoms with van der Waals surface area (Å²) in [7, 11) is 0. The van der Waals surface area contributed by atoms with E-state index >= 15 is 0 Å². The number of aromatic amines is 1. The predicted molar refractivity (Wildman–Crippen MR) is 171 cm³/mol. The first-order valence-electron chi connectivity index (χ1n) is 14.0. The molecule has 0 spiro atoms. The number of ether oxygens (including phenoxy) is 2. The number of carbonyl (C=O) groups excluding carboxylic acids is 1. The molecule has 2 saturated heterocycles. The molecule has 6 rings (SSSR count). The number of hydrogen-bond acceptors (Lipinski definition) is 8. The number of hydrogen-bond donors (Lipinski definition) is 2. The van der Waals surface area contributed by atoms with Crippen molar-refractivity contribution in [1.29, 1.82) is 0 Å². The minimum absolute atomic E-state index is 0.136. The van der Waals surface area contributed by atoms with Crippen LogP contribution in [0.25, 0.3) is 28.1 Å². The second-order valence-electron chi connectivity index (χ2n) is 10.3. The van der Waals surface area contributed by atoms with Gasteiger partial charge in [0.25, 0.3) is 5.91 Å². The largest absolute Gasteiger partial charge is 0.492 e. The number of fused-ring (bicyclic) bond motifs is 1. The summed E-state index contributed by atoms with van der Waals surface area (Å²) in [6, 6.07) is 18.8. The van der Waals surface area contributed by atoms with E-state index in [0.29, 0.717) is 28.8 Å². The van der Waals surface area contributed by atoms with Crippen LogP contribution in [-0.2, 0) is 16.0 Å². The van der Waals surface area contributed by atoms with Gasteiger partial charge in [-0.1, -0.05) is 54.3 Å². The minimum Gasteiger partial charge on any atom is -0.492 e. The third-order valence-corrected chi connectivity index (χ3v) is 8.90. The molecule has 3 heterocycles. The van der Waals surface area contributed by atoms with E-state index in [-0.39, 0.29) is 11.5 Å². The number of nitrogens with zero attached hydrogens (tertiary/aromatic N) is 3. The number of morpholine rings is 1. The zero-order chi connectivity index (χ0) is 29.8. The number of amides is 1. The highest BCUT2D eigenvalue weighted by Crippen LogP contribution is 2.36. The number of carbonyl (C=O) groups is 2. The van der Waals surface area contributed by atoms with Crippen molar-refractivity contribution in [3.8, 4) is 16.9 Å². The number of rotatable bonds is 10. The van der Waals surface area contributed by atoms with E-state index in [0.717, 1.165) is 71.8 Å². The van der Waals surface area contributed by atoms with Gasteiger partial charge in [-0.05, 0) is 59.5 Å². The van der Waals surface area contributed by atoms with Crippen molar-refractivity contribution in [3.63, 3.8) is 0 Å². The normalized spacial score (nSPS) is 16.8. The van der Waals surface area contributed by atoms with Crippen molar-refractivity contribution in [1.82, 2.24) is 20.0 Å². The third kappa shape index (κ3) is 6.80. The number of thioether (sulfide) groups is 1. The molecule has 9 nitrogen and oxygen atoms in total. The lowest BCUT2D eigenvalue weighted by Crippen LogP contribution is -2.38. The molecule has 3 aromatic carbocycles. The van der Waals surface area contributed by atoms with Crippen molar-refractivity contribution >= 4 is 57.2 Å². The molecule has 0 radical (unpaired) electrons. The minimum atomic E-state index is -0.966. The van der Waals surface area contributed by atoms with Crippen LogP contribution in [0.15, 0.2) is 71.8 Å². The highest BCUT2D eigenvalue weighted by Gasteiger charge is 2.31. The smallest absolute Gasteiger partial charge is 0.335 e. The van der Waals surface area contributed by atoms with Crippen LogP contribution in [-0.4, -0.2) is 87.3 Å². The number of aromatic nitrogens is 2. The number of H-pyrrole nitrogens is 1. The molecule has 0 atom stereocenters. The molecule has 2 aliphatic rings. The van der Waals surface area contributed by atoms with E-state index in [9.17, 15) is 9.59 Å². The molecule has 0 bridgehead atoms. The number of aromatic carboxylic acids is 1. The van der Waals surface area contributed by atoms with Crippen LogP contribution in [0.3, 0.4) is 0 Å². The lowest BCUT2D eigenvalue weighted by atomic mass is 10.0. The number of thiocarbonyl (C=S) groups is 1. The monoisotopic (exact) mass is 614 g/mol. The van der Waals surface area contributed by atoms with Gasteiger partial charge in [0.2, 0.25) is 0 Å². The Balaban J connectivity index is 1.20. The Morgan fingerprint density at radius 1 is 1.09 bits per heavy atom. The Morgan fingerprint density at radius 3 is 2.70 bits per heavy atom. The van der Waals surface area contributed by atoms with E-state index in [1.807, 2.05) is 36.4 Å². The second-order valence-corrected chi connectivity index (χ2v) is 12.0. The summed E-state index contributed by atoms with van der Waals surface area (Å²) in [6.45, 7) is 5.08. The molecule has 0 aliphatic carbocycles. The van der Waals surface area contributed by atoms with Crippen LogP contribution in [0.2, 0.25) is 0 Å². The summed E-state index contributed by atoms with van der Waals surface area (Å²) in [6.07, 6.45) is 4.23. The summed E-state index contributed by atoms with van der Waals surface area (Å²) in [5, 5.41) is 17.3. The molecule has 220 valence electrons. The van der Waals surface area contributed by atoms with Crippen molar-refractivity contribution in [2.24, 2.45) is 0 Å². The van der Waals surface area contributed by atoms with Crippen LogP contribution in [0.1, 0.15) is 21.5 Å². The number of carboxylic acid groups (broad SMARTS) is 1. The zero-order valence-electron chi connectivity index (χ0n) is 23.3. The van der Waals surface area contributed by atoms with Gasteiger partial charge in [-0.25, -0.2) is 4.79 Å². The average Bonchev–Trinajstić information content (AvgIpc) is 3.60. The van der Waals surface area contributed by atoms with Crippen molar-refractivity contribution in [3.05, 3.63) is 88.5 Å². The first-order chi connectivity index (χ1) is 20.9. The molecule has 2 aliphatic heterocycles. The molecule has 2 fully saturated rings. The fourth-order valence-corrected chi connectivity index (χ4v) is 6.41. The number of carboxylic acids is 1. The molecule has 2 N–H and O–H groups in total. The maximum atomic E-state index is 13.3. The Bertz CT molecular complexity index is 1700. The molecule has 1 amide bonds. The molecular formula is C32H30N4O5S2. The van der Waals surface area contributed by atoms with Gasteiger partial charge in [-0.2, -0.15) is 5.10 Å². The summed E-state index contributed by atoms with van der Waals surface area (Å²) < 4.78 is 12.3. The first-order valence-corrected chi connectivity index (χ1v) is 15.3. The van der Waals surface area contributed by atoms with Crippen LogP contribution >= 0.6 is 24.0 Å². The Morgan fingerprint density at radius 2 is 1.91 bits per heavy atom. The molecule has 11 heteroatoms. The van der Waals surface area contributed by atoms with E-state index in [4.69, 9.17) is 26.8 Å². The van der Waals surface area contributed by atoms with E-state index < -0.39 is 5.97 Å². The maximum absolute atomic E-state index is 13.3. The lowest BCUT2D eigenvalue weighted by Gasteiger charge is -2.26. The molecule has 1 aromatic heterocycles. The fourth-order valence-electron chi connectivity index (χ4n) is 5.10. The van der Waals surface area contributed by atoms with Crippen LogP contribution in [0.5, 0.6) is 5.75 Å². The van der Waals surface area contributed by atoms with Crippen molar-refractivity contribution in [2.45, 2.75) is 6.42 Å². The standard InChI is InChI=1S/C32H30N4O5S2/c37-30-29(43-32(42)36(30)10-9-21-1-4-23(5-2-21)31(38)39)18-22-3-8-28(41-16-13-35-11-14-40-15-12-35)26(17-22)24-6-7-25-20-33-34-27(25)19-24/h1-8,17-20H,9-16H2,(H,33,34)(H,38,39)/b29-18-. The molecular weight excluding hydrogens is 585 g/mol. The quantitative estimate of drug-likeness (QED) is 0.187. The third-order valence-electron chi connectivity index (χ3n) is 7.52. The topological polar surface area (TPSA) is 108 Å². The Kier molecular flexibility index (Phi) is 8.85. The van der Waals surface area contributed by atoms with E-state index in [1.54, 1.807) is 35.4 Å². The van der Waals surface area contributed by atoms with Crippen LogP contribution in [0.4, 0.5) is 0 Å². The predicted octanol–water partition coefficient (Wildman–Crippen LogP) is 5.08. The zero-order valence-corrected chi connectivity index (χ0v) is 25.0. The molecule has 43 heavy (non-hydrogen) atoms. The SMILES string of the molecule is O=C(O)c1ccc(CCN2C(=O)/C(=C/c3ccc(OCCN4CCOCC4)c(-c4ccc5cn[nH]c5c4)c3)SC2=S)cc1. The van der Waals surface area contributed by atoms with E-state index in [2.05, 4.69) is 21.2 Å². The van der Waals surface area contributed by atoms with Gasteiger partial charge in [-0.15, -0.1) is 0 Å². The van der Waals surface area contributed by atoms with Crippen LogP contribution in [0, 0.1) is 0 Å². The highest BCUT2D eigenvalue weighted by atomic mass is 32.2. The number of nitrogens with one attached hydrogen (secondary N) is 1. The Hall–Kier alpha value is -4.03. The van der Waals surface area contributed by atoms with Crippen molar-refractivity contribution < 1.29 is 24.2 Å². The van der Waals surface area contributed by atoms with Gasteiger partial charge in [-0.3, -0.25) is 19.7 Å². The van der Waals surface area contributed by atoms with Crippen LogP contribution < -0.4 is 4.74 Å². The van der Waals surface area contributed by atoms with E-state index in [1.165, 1.54) is 11.8 Å². The summed E-state index contributed by atoms with van der Waals surface area (Å²) in [5.41, 5.74) is 4.87. The molecule has 0 unspecified atom stereocenters. The molecule has 4 aromatic rings. The van der Waals surface area contributed by atoms with Gasteiger partial charge >= 0.3 is 5.97 Å². The summed E-state index contributed by atoms with van der Waals surface area (Å²) >= 11 is 6.84.